The van der Waals surface area contributed by atoms with Crippen LogP contribution in [0.4, 0.5) is 0 Å². The van der Waals surface area contributed by atoms with E-state index < -0.39 is 0 Å². The van der Waals surface area contributed by atoms with Gasteiger partial charge in [0.25, 0.3) is 0 Å². The van der Waals surface area contributed by atoms with Crippen molar-refractivity contribution in [3.63, 3.8) is 0 Å². The molecule has 0 unspecified atom stereocenters. The Hall–Kier alpha value is -1.36. The topological polar surface area (TPSA) is 50.2 Å². The highest BCUT2D eigenvalue weighted by Gasteiger charge is 2.21. The third kappa shape index (κ3) is 3.84. The van der Waals surface area contributed by atoms with E-state index in [0.717, 1.165) is 31.0 Å². The maximum atomic E-state index is 12.1. The largest absolute Gasteiger partial charge is 0.353 e. The molecule has 0 spiro atoms. The molecule has 1 fully saturated rings. The number of piperidine rings is 1. The van der Waals surface area contributed by atoms with Crippen molar-refractivity contribution in [1.29, 1.82) is 0 Å². The molecule has 1 atom stereocenters. The van der Waals surface area contributed by atoms with Crippen molar-refractivity contribution in [2.75, 3.05) is 19.6 Å². The number of nitrogens with one attached hydrogen (secondary N) is 1. The van der Waals surface area contributed by atoms with Crippen molar-refractivity contribution in [2.24, 2.45) is 0 Å². The first kappa shape index (κ1) is 16.0. The molecule has 118 valence electrons. The van der Waals surface area contributed by atoms with Crippen LogP contribution in [0.15, 0.2) is 0 Å². The van der Waals surface area contributed by atoms with Crippen molar-refractivity contribution in [2.45, 2.75) is 59.5 Å². The van der Waals surface area contributed by atoms with Crippen molar-refractivity contribution in [3.8, 4) is 0 Å². The Morgan fingerprint density at radius 3 is 2.71 bits per heavy atom. The van der Waals surface area contributed by atoms with E-state index in [2.05, 4.69) is 22.2 Å². The molecule has 5 heteroatoms. The molecule has 1 N–H and O–H groups in total. The van der Waals surface area contributed by atoms with E-state index in [1.54, 1.807) is 4.68 Å². The van der Waals surface area contributed by atoms with E-state index in [1.807, 2.05) is 20.8 Å². The lowest BCUT2D eigenvalue weighted by Crippen LogP contribution is -2.47. The Balaban J connectivity index is 1.85. The van der Waals surface area contributed by atoms with Crippen molar-refractivity contribution < 1.29 is 4.79 Å². The predicted molar refractivity (Wildman–Crippen MR) is 84.3 cm³/mol. The number of amides is 1. The van der Waals surface area contributed by atoms with Crippen LogP contribution < -0.4 is 5.32 Å². The summed E-state index contributed by atoms with van der Waals surface area (Å²) in [7, 11) is 0. The molecule has 21 heavy (non-hydrogen) atoms. The quantitative estimate of drug-likeness (QED) is 0.900. The second-order valence-corrected chi connectivity index (χ2v) is 6.04. The lowest BCUT2D eigenvalue weighted by molar-refractivity contribution is -0.122. The predicted octanol–water partition coefficient (Wildman–Crippen LogP) is 1.80. The highest BCUT2D eigenvalue weighted by Crippen LogP contribution is 2.15. The Morgan fingerprint density at radius 2 is 2.10 bits per heavy atom. The second-order valence-electron chi connectivity index (χ2n) is 6.04. The van der Waals surface area contributed by atoms with Crippen LogP contribution in [0.1, 0.15) is 43.1 Å². The van der Waals surface area contributed by atoms with Crippen LogP contribution in [-0.2, 0) is 11.3 Å². The highest BCUT2D eigenvalue weighted by molar-refractivity contribution is 5.75. The molecule has 1 amide bonds. The van der Waals surface area contributed by atoms with Gasteiger partial charge in [-0.3, -0.25) is 14.4 Å². The molecular formula is C16H28N4O. The summed E-state index contributed by atoms with van der Waals surface area (Å²) in [6.07, 6.45) is 3.74. The first-order valence-electron chi connectivity index (χ1n) is 8.04. The minimum atomic E-state index is 0.0576. The summed E-state index contributed by atoms with van der Waals surface area (Å²) in [5.74, 6) is 0.0576. The first-order chi connectivity index (χ1) is 10.0. The minimum Gasteiger partial charge on any atom is -0.353 e. The van der Waals surface area contributed by atoms with Crippen LogP contribution in [0.3, 0.4) is 0 Å². The van der Waals surface area contributed by atoms with E-state index in [0.29, 0.717) is 12.6 Å². The molecule has 0 aromatic carbocycles. The zero-order chi connectivity index (χ0) is 15.4. The monoisotopic (exact) mass is 292 g/mol. The number of likely N-dealkylation sites (tertiary alicyclic amines) is 1. The van der Waals surface area contributed by atoms with Gasteiger partial charge in [-0.2, -0.15) is 5.10 Å². The molecule has 1 saturated heterocycles. The fourth-order valence-corrected chi connectivity index (χ4v) is 3.07. The third-order valence-electron chi connectivity index (χ3n) is 4.73. The lowest BCUT2D eigenvalue weighted by atomic mass is 10.0. The van der Waals surface area contributed by atoms with Gasteiger partial charge in [0, 0.05) is 18.3 Å². The molecule has 1 aromatic rings. The second kappa shape index (κ2) is 7.07. The first-order valence-corrected chi connectivity index (χ1v) is 8.04. The summed E-state index contributed by atoms with van der Waals surface area (Å²) in [6.45, 7) is 11.5. The van der Waals surface area contributed by atoms with Gasteiger partial charge in [-0.05, 0) is 52.3 Å². The number of nitrogens with zero attached hydrogens (tertiary/aromatic N) is 3. The summed E-state index contributed by atoms with van der Waals surface area (Å²) in [5, 5.41) is 7.50. The van der Waals surface area contributed by atoms with Crippen LogP contribution in [0.2, 0.25) is 0 Å². The van der Waals surface area contributed by atoms with E-state index in [4.69, 9.17) is 0 Å². The van der Waals surface area contributed by atoms with Gasteiger partial charge >= 0.3 is 0 Å². The molecule has 1 aliphatic heterocycles. The van der Waals surface area contributed by atoms with Crippen molar-refractivity contribution in [1.82, 2.24) is 20.0 Å². The molecule has 0 bridgehead atoms. The van der Waals surface area contributed by atoms with E-state index in [-0.39, 0.29) is 5.91 Å². The lowest BCUT2D eigenvalue weighted by Gasteiger charge is -2.34. The van der Waals surface area contributed by atoms with E-state index in [1.165, 1.54) is 24.8 Å². The molecule has 1 aliphatic rings. The van der Waals surface area contributed by atoms with Gasteiger partial charge in [-0.1, -0.05) is 13.3 Å². The van der Waals surface area contributed by atoms with Crippen LogP contribution in [-0.4, -0.2) is 46.3 Å². The van der Waals surface area contributed by atoms with Crippen LogP contribution >= 0.6 is 0 Å². The maximum Gasteiger partial charge on any atom is 0.241 e. The summed E-state index contributed by atoms with van der Waals surface area (Å²) in [5.41, 5.74) is 3.26. The zero-order valence-electron chi connectivity index (χ0n) is 13.8. The summed E-state index contributed by atoms with van der Waals surface area (Å²) >= 11 is 0. The SMILES string of the molecule is CCN1CCCC[C@H]1CNC(=O)Cn1nc(C)c(C)c1C. The fraction of sp³-hybridized carbons (Fsp3) is 0.750. The van der Waals surface area contributed by atoms with Gasteiger partial charge in [0.05, 0.1) is 5.69 Å². The Kier molecular flexibility index (Phi) is 5.39. The molecule has 2 heterocycles. The Morgan fingerprint density at radius 1 is 1.33 bits per heavy atom. The maximum absolute atomic E-state index is 12.1. The summed E-state index contributed by atoms with van der Waals surface area (Å²) in [6, 6.07) is 0.495. The van der Waals surface area contributed by atoms with E-state index in [9.17, 15) is 4.79 Å². The summed E-state index contributed by atoms with van der Waals surface area (Å²) in [4.78, 5) is 14.6. The molecular weight excluding hydrogens is 264 g/mol. The number of aromatic nitrogens is 2. The van der Waals surface area contributed by atoms with Gasteiger partial charge < -0.3 is 5.32 Å². The normalized spacial score (nSPS) is 19.7. The third-order valence-corrected chi connectivity index (χ3v) is 4.73. The van der Waals surface area contributed by atoms with Crippen molar-refractivity contribution in [3.05, 3.63) is 17.0 Å². The molecule has 0 radical (unpaired) electrons. The molecule has 1 aromatic heterocycles. The number of carbonyl (C=O) groups excluding carboxylic acids is 1. The van der Waals surface area contributed by atoms with Crippen molar-refractivity contribution >= 4 is 5.91 Å². The zero-order valence-corrected chi connectivity index (χ0v) is 13.8. The minimum absolute atomic E-state index is 0.0576. The Bertz CT molecular complexity index is 495. The number of rotatable bonds is 5. The van der Waals surface area contributed by atoms with Gasteiger partial charge in [0.2, 0.25) is 5.91 Å². The number of carbonyl (C=O) groups is 1. The van der Waals surface area contributed by atoms with Gasteiger partial charge in [-0.25, -0.2) is 0 Å². The fourth-order valence-electron chi connectivity index (χ4n) is 3.07. The average molecular weight is 292 g/mol. The smallest absolute Gasteiger partial charge is 0.241 e. The van der Waals surface area contributed by atoms with Gasteiger partial charge in [0.15, 0.2) is 0 Å². The van der Waals surface area contributed by atoms with E-state index >= 15 is 0 Å². The molecule has 0 saturated carbocycles. The van der Waals surface area contributed by atoms with Crippen LogP contribution in [0.5, 0.6) is 0 Å². The summed E-state index contributed by atoms with van der Waals surface area (Å²) < 4.78 is 1.80. The van der Waals surface area contributed by atoms with Crippen LogP contribution in [0, 0.1) is 20.8 Å². The van der Waals surface area contributed by atoms with Crippen LogP contribution in [0.25, 0.3) is 0 Å². The molecule has 5 nitrogen and oxygen atoms in total. The standard InChI is InChI=1S/C16H28N4O/c1-5-19-9-7-6-8-15(19)10-17-16(21)11-20-14(4)12(2)13(3)18-20/h15H,5-11H2,1-4H3,(H,17,21)/t15-/m0/s1. The molecule has 0 aliphatic carbocycles. The van der Waals surface area contributed by atoms with Gasteiger partial charge in [0.1, 0.15) is 6.54 Å². The number of likely N-dealkylation sites (N-methyl/N-ethyl adjacent to an activating group) is 1. The van der Waals surface area contributed by atoms with Gasteiger partial charge in [-0.15, -0.1) is 0 Å². The number of aryl methyl sites for hydroxylation is 1. The number of hydrogen-bond acceptors (Lipinski definition) is 3. The number of hydrogen-bond donors (Lipinski definition) is 1. The average Bonchev–Trinajstić information content (AvgIpc) is 2.72. The molecule has 2 rings (SSSR count). The Labute approximate surface area is 127 Å². The highest BCUT2D eigenvalue weighted by atomic mass is 16.2.